The Bertz CT molecular complexity index is 561. The highest BCUT2D eigenvalue weighted by molar-refractivity contribution is 6.31. The quantitative estimate of drug-likeness (QED) is 0.915. The van der Waals surface area contributed by atoms with Gasteiger partial charge < -0.3 is 10.5 Å². The van der Waals surface area contributed by atoms with Gasteiger partial charge in [-0.2, -0.15) is 0 Å². The Balaban J connectivity index is 2.13. The minimum atomic E-state index is 0.440. The van der Waals surface area contributed by atoms with Crippen molar-refractivity contribution in [3.63, 3.8) is 0 Å². The molecule has 0 saturated heterocycles. The van der Waals surface area contributed by atoms with Gasteiger partial charge in [0.1, 0.15) is 12.4 Å². The van der Waals surface area contributed by atoms with Gasteiger partial charge in [0, 0.05) is 11.6 Å². The fourth-order valence-electron chi connectivity index (χ4n) is 2.02. The topological polar surface area (TPSA) is 35.2 Å². The van der Waals surface area contributed by atoms with E-state index in [1.165, 1.54) is 16.7 Å². The third kappa shape index (κ3) is 3.28. The zero-order valence-corrected chi connectivity index (χ0v) is 12.0. The maximum Gasteiger partial charge on any atom is 0.121 e. The highest BCUT2D eigenvalue weighted by atomic mass is 35.5. The number of ether oxygens (including phenoxy) is 1. The highest BCUT2D eigenvalue weighted by Crippen LogP contribution is 2.24. The van der Waals surface area contributed by atoms with Crippen molar-refractivity contribution >= 4 is 11.6 Å². The van der Waals surface area contributed by atoms with Crippen molar-refractivity contribution in [2.75, 3.05) is 0 Å². The van der Waals surface area contributed by atoms with Gasteiger partial charge in [-0.1, -0.05) is 35.9 Å². The van der Waals surface area contributed by atoms with E-state index in [9.17, 15) is 0 Å². The van der Waals surface area contributed by atoms with Crippen LogP contribution in [0.2, 0.25) is 5.02 Å². The molecule has 0 aliphatic heterocycles. The van der Waals surface area contributed by atoms with Gasteiger partial charge in [0.25, 0.3) is 0 Å². The predicted octanol–water partition coefficient (Wildman–Crippen LogP) is 3.99. The lowest BCUT2D eigenvalue weighted by Gasteiger charge is -2.12. The number of rotatable bonds is 4. The Kier molecular flexibility index (Phi) is 4.46. The van der Waals surface area contributed by atoms with Crippen LogP contribution in [0.4, 0.5) is 0 Å². The lowest BCUT2D eigenvalue weighted by Crippen LogP contribution is -2.01. The molecule has 0 aromatic heterocycles. The van der Waals surface area contributed by atoms with Crippen LogP contribution in [0.3, 0.4) is 0 Å². The van der Waals surface area contributed by atoms with E-state index in [2.05, 4.69) is 32.0 Å². The summed E-state index contributed by atoms with van der Waals surface area (Å²) in [6, 6.07) is 11.9. The number of benzene rings is 2. The predicted molar refractivity (Wildman–Crippen MR) is 79.6 cm³/mol. The first kappa shape index (κ1) is 13.9. The van der Waals surface area contributed by atoms with Crippen LogP contribution in [0.1, 0.15) is 22.3 Å². The van der Waals surface area contributed by atoms with E-state index >= 15 is 0 Å². The number of aryl methyl sites for hydroxylation is 2. The first-order valence-electron chi connectivity index (χ1n) is 6.28. The monoisotopic (exact) mass is 275 g/mol. The molecule has 2 aromatic rings. The van der Waals surface area contributed by atoms with Crippen LogP contribution in [0.15, 0.2) is 36.4 Å². The number of hydrogen-bond acceptors (Lipinski definition) is 2. The molecule has 0 spiro atoms. The minimum absolute atomic E-state index is 0.440. The fourth-order valence-corrected chi connectivity index (χ4v) is 2.26. The first-order valence-corrected chi connectivity index (χ1v) is 6.66. The van der Waals surface area contributed by atoms with Gasteiger partial charge in [0.2, 0.25) is 0 Å². The molecule has 2 rings (SSSR count). The van der Waals surface area contributed by atoms with E-state index in [0.717, 1.165) is 11.3 Å². The second-order valence-electron chi connectivity index (χ2n) is 4.62. The first-order chi connectivity index (χ1) is 9.11. The Hall–Kier alpha value is -1.51. The van der Waals surface area contributed by atoms with Crippen LogP contribution in [0.5, 0.6) is 5.75 Å². The molecule has 0 aliphatic carbocycles. The molecular formula is C16H18ClNO. The van der Waals surface area contributed by atoms with Crippen LogP contribution in [-0.4, -0.2) is 0 Å². The maximum atomic E-state index is 6.11. The van der Waals surface area contributed by atoms with Crippen molar-refractivity contribution < 1.29 is 4.74 Å². The van der Waals surface area contributed by atoms with Gasteiger partial charge >= 0.3 is 0 Å². The van der Waals surface area contributed by atoms with Crippen LogP contribution in [0, 0.1) is 13.8 Å². The van der Waals surface area contributed by atoms with Gasteiger partial charge in [-0.25, -0.2) is 0 Å². The van der Waals surface area contributed by atoms with E-state index < -0.39 is 0 Å². The standard InChI is InChI=1S/C16H18ClNO/c1-11-4-3-5-12(2)15(11)10-19-14-7-6-13(9-18)16(17)8-14/h3-8H,9-10,18H2,1-2H3. The number of hydrogen-bond donors (Lipinski definition) is 1. The summed E-state index contributed by atoms with van der Waals surface area (Å²) in [7, 11) is 0. The van der Waals surface area contributed by atoms with E-state index in [1.54, 1.807) is 0 Å². The summed E-state index contributed by atoms with van der Waals surface area (Å²) >= 11 is 6.11. The molecule has 0 radical (unpaired) electrons. The lowest BCUT2D eigenvalue weighted by molar-refractivity contribution is 0.304. The summed E-state index contributed by atoms with van der Waals surface area (Å²) in [5, 5.41) is 0.654. The fraction of sp³-hybridized carbons (Fsp3) is 0.250. The van der Waals surface area contributed by atoms with Crippen molar-refractivity contribution in [3.05, 3.63) is 63.7 Å². The second-order valence-corrected chi connectivity index (χ2v) is 5.02. The molecule has 0 heterocycles. The highest BCUT2D eigenvalue weighted by Gasteiger charge is 2.05. The zero-order chi connectivity index (χ0) is 13.8. The lowest BCUT2D eigenvalue weighted by atomic mass is 10.0. The molecule has 0 aliphatic rings. The normalized spacial score (nSPS) is 10.5. The van der Waals surface area contributed by atoms with E-state index in [1.807, 2.05) is 18.2 Å². The molecule has 0 fully saturated rings. The van der Waals surface area contributed by atoms with E-state index in [4.69, 9.17) is 22.1 Å². The maximum absolute atomic E-state index is 6.11. The van der Waals surface area contributed by atoms with Crippen LogP contribution in [-0.2, 0) is 13.2 Å². The molecule has 2 aromatic carbocycles. The zero-order valence-electron chi connectivity index (χ0n) is 11.2. The smallest absolute Gasteiger partial charge is 0.121 e. The van der Waals surface area contributed by atoms with Crippen molar-refractivity contribution in [2.45, 2.75) is 27.0 Å². The van der Waals surface area contributed by atoms with Crippen molar-refractivity contribution in [3.8, 4) is 5.75 Å². The number of nitrogens with two attached hydrogens (primary N) is 1. The molecule has 2 nitrogen and oxygen atoms in total. The Morgan fingerprint density at radius 1 is 1.11 bits per heavy atom. The summed E-state index contributed by atoms with van der Waals surface area (Å²) in [6.45, 7) is 5.18. The molecule has 19 heavy (non-hydrogen) atoms. The summed E-state index contributed by atoms with van der Waals surface area (Å²) < 4.78 is 5.81. The van der Waals surface area contributed by atoms with Crippen molar-refractivity contribution in [1.29, 1.82) is 0 Å². The van der Waals surface area contributed by atoms with E-state index in [0.29, 0.717) is 18.2 Å². The van der Waals surface area contributed by atoms with Crippen molar-refractivity contribution in [2.24, 2.45) is 5.73 Å². The average Bonchev–Trinajstić information content (AvgIpc) is 2.38. The SMILES string of the molecule is Cc1cccc(C)c1COc1ccc(CN)c(Cl)c1. The van der Waals surface area contributed by atoms with Gasteiger partial charge in [-0.15, -0.1) is 0 Å². The summed E-state index contributed by atoms with van der Waals surface area (Å²) in [5.41, 5.74) is 10.2. The third-order valence-electron chi connectivity index (χ3n) is 3.27. The molecular weight excluding hydrogens is 258 g/mol. The average molecular weight is 276 g/mol. The van der Waals surface area contributed by atoms with Gasteiger partial charge in [0.05, 0.1) is 0 Å². The van der Waals surface area contributed by atoms with Crippen LogP contribution in [0.25, 0.3) is 0 Å². The molecule has 0 saturated carbocycles. The Morgan fingerprint density at radius 3 is 2.37 bits per heavy atom. The summed E-state index contributed by atoms with van der Waals surface area (Å²) in [4.78, 5) is 0. The molecule has 0 unspecified atom stereocenters. The second kappa shape index (κ2) is 6.09. The Morgan fingerprint density at radius 2 is 1.79 bits per heavy atom. The van der Waals surface area contributed by atoms with Crippen molar-refractivity contribution in [1.82, 2.24) is 0 Å². The molecule has 0 atom stereocenters. The van der Waals surface area contributed by atoms with E-state index in [-0.39, 0.29) is 0 Å². The van der Waals surface area contributed by atoms with Gasteiger partial charge in [-0.05, 0) is 48.2 Å². The summed E-state index contributed by atoms with van der Waals surface area (Å²) in [5.74, 6) is 0.768. The third-order valence-corrected chi connectivity index (χ3v) is 3.62. The molecule has 0 amide bonds. The van der Waals surface area contributed by atoms with Crippen LogP contribution < -0.4 is 10.5 Å². The molecule has 100 valence electrons. The van der Waals surface area contributed by atoms with Crippen LogP contribution >= 0.6 is 11.6 Å². The molecule has 3 heteroatoms. The largest absolute Gasteiger partial charge is 0.489 e. The summed E-state index contributed by atoms with van der Waals surface area (Å²) in [6.07, 6.45) is 0. The number of halogens is 1. The minimum Gasteiger partial charge on any atom is -0.489 e. The molecule has 0 bridgehead atoms. The van der Waals surface area contributed by atoms with Gasteiger partial charge in [0.15, 0.2) is 0 Å². The van der Waals surface area contributed by atoms with Gasteiger partial charge in [-0.3, -0.25) is 0 Å². The Labute approximate surface area is 119 Å². The molecule has 2 N–H and O–H groups in total.